The van der Waals surface area contributed by atoms with Crippen LogP contribution in [0.1, 0.15) is 37.5 Å². The van der Waals surface area contributed by atoms with Crippen LogP contribution in [0.5, 0.6) is 0 Å². The molecular weight excluding hydrogens is 232 g/mol. The average molecular weight is 252 g/mol. The van der Waals surface area contributed by atoms with Crippen molar-refractivity contribution in [3.63, 3.8) is 0 Å². The van der Waals surface area contributed by atoms with Crippen LogP contribution in [0.2, 0.25) is 0 Å². The summed E-state index contributed by atoms with van der Waals surface area (Å²) in [6.07, 6.45) is 5.93. The van der Waals surface area contributed by atoms with Gasteiger partial charge in [0.15, 0.2) is 0 Å². The highest BCUT2D eigenvalue weighted by Gasteiger charge is 2.18. The van der Waals surface area contributed by atoms with E-state index in [9.17, 15) is 4.79 Å². The zero-order valence-corrected chi connectivity index (χ0v) is 10.6. The van der Waals surface area contributed by atoms with E-state index in [1.807, 2.05) is 6.07 Å². The molecule has 0 aromatic carbocycles. The lowest BCUT2D eigenvalue weighted by molar-refractivity contribution is 0.0849. The third-order valence-electron chi connectivity index (χ3n) is 3.28. The van der Waals surface area contributed by atoms with Gasteiger partial charge in [-0.2, -0.15) is 0 Å². The summed E-state index contributed by atoms with van der Waals surface area (Å²) in [4.78, 5) is 11.7. The first kappa shape index (κ1) is 13.0. The van der Waals surface area contributed by atoms with Gasteiger partial charge in [0.2, 0.25) is 0 Å². The molecule has 5 heteroatoms. The van der Waals surface area contributed by atoms with E-state index >= 15 is 0 Å². The second kappa shape index (κ2) is 6.44. The van der Waals surface area contributed by atoms with Crippen LogP contribution < -0.4 is 10.6 Å². The molecule has 1 heterocycles. The summed E-state index contributed by atoms with van der Waals surface area (Å²) in [5.41, 5.74) is 0. The lowest BCUT2D eigenvalue weighted by Gasteiger charge is -2.16. The van der Waals surface area contributed by atoms with E-state index < -0.39 is 0 Å². The van der Waals surface area contributed by atoms with Crippen molar-refractivity contribution < 1.29 is 13.9 Å². The van der Waals surface area contributed by atoms with E-state index in [4.69, 9.17) is 9.15 Å². The van der Waals surface area contributed by atoms with Crippen molar-refractivity contribution in [3.8, 4) is 0 Å². The highest BCUT2D eigenvalue weighted by Crippen LogP contribution is 2.18. The molecule has 100 valence electrons. The second-order valence-electron chi connectivity index (χ2n) is 4.58. The molecule has 1 atom stereocenters. The van der Waals surface area contributed by atoms with Crippen LogP contribution in [0, 0.1) is 0 Å². The Balaban J connectivity index is 1.74. The third-order valence-corrected chi connectivity index (χ3v) is 3.28. The minimum Gasteiger partial charge on any atom is -0.467 e. The molecule has 0 radical (unpaired) electrons. The lowest BCUT2D eigenvalue weighted by Crippen LogP contribution is -2.42. The molecule has 2 rings (SSSR count). The number of carbonyl (C=O) groups excluding carboxylic acids is 1. The normalized spacial score (nSPS) is 17.6. The molecule has 18 heavy (non-hydrogen) atoms. The summed E-state index contributed by atoms with van der Waals surface area (Å²) in [5, 5.41) is 5.78. The van der Waals surface area contributed by atoms with Gasteiger partial charge in [-0.1, -0.05) is 12.8 Å². The van der Waals surface area contributed by atoms with Gasteiger partial charge >= 0.3 is 6.03 Å². The molecule has 2 amide bonds. The van der Waals surface area contributed by atoms with Gasteiger partial charge in [0.25, 0.3) is 0 Å². The van der Waals surface area contributed by atoms with E-state index in [-0.39, 0.29) is 12.1 Å². The van der Waals surface area contributed by atoms with Gasteiger partial charge in [-0.3, -0.25) is 0 Å². The van der Waals surface area contributed by atoms with Gasteiger partial charge in [0.05, 0.1) is 12.8 Å². The SMILES string of the molecule is CO[C@@H](CNC(=O)NC1CCCC1)c1ccco1. The minimum atomic E-state index is -0.241. The first-order valence-corrected chi connectivity index (χ1v) is 6.40. The number of furan rings is 1. The molecule has 0 aliphatic heterocycles. The monoisotopic (exact) mass is 252 g/mol. The Morgan fingerprint density at radius 3 is 2.94 bits per heavy atom. The number of amides is 2. The smallest absolute Gasteiger partial charge is 0.315 e. The largest absolute Gasteiger partial charge is 0.467 e. The third kappa shape index (κ3) is 3.50. The number of nitrogens with one attached hydrogen (secondary N) is 2. The van der Waals surface area contributed by atoms with Crippen LogP contribution in [0.15, 0.2) is 22.8 Å². The molecule has 0 bridgehead atoms. The molecule has 1 fully saturated rings. The Morgan fingerprint density at radius 2 is 2.33 bits per heavy atom. The number of carbonyl (C=O) groups is 1. The molecule has 1 aliphatic rings. The van der Waals surface area contributed by atoms with Crippen LogP contribution in [0.3, 0.4) is 0 Å². The Hall–Kier alpha value is -1.49. The van der Waals surface area contributed by atoms with E-state index in [0.29, 0.717) is 12.6 Å². The molecule has 0 spiro atoms. The number of urea groups is 1. The highest BCUT2D eigenvalue weighted by atomic mass is 16.5. The molecule has 1 aliphatic carbocycles. The summed E-state index contributed by atoms with van der Waals surface area (Å²) in [7, 11) is 1.60. The predicted octanol–water partition coefficient (Wildman–Crippen LogP) is 2.21. The van der Waals surface area contributed by atoms with Gasteiger partial charge in [-0.25, -0.2) is 4.79 Å². The molecule has 1 saturated carbocycles. The van der Waals surface area contributed by atoms with Crippen molar-refractivity contribution in [1.29, 1.82) is 0 Å². The summed E-state index contributed by atoms with van der Waals surface area (Å²) < 4.78 is 10.5. The maximum absolute atomic E-state index is 11.7. The first-order chi connectivity index (χ1) is 8.79. The first-order valence-electron chi connectivity index (χ1n) is 6.40. The fourth-order valence-electron chi connectivity index (χ4n) is 2.27. The predicted molar refractivity (Wildman–Crippen MR) is 67.2 cm³/mol. The van der Waals surface area contributed by atoms with E-state index in [1.165, 1.54) is 12.8 Å². The summed E-state index contributed by atoms with van der Waals surface area (Å²) in [6.45, 7) is 0.405. The Kier molecular flexibility index (Phi) is 4.64. The molecular formula is C13H20N2O3. The Labute approximate surface area is 107 Å². The maximum Gasteiger partial charge on any atom is 0.315 e. The number of hydrogen-bond acceptors (Lipinski definition) is 3. The molecule has 1 aromatic rings. The number of hydrogen-bond donors (Lipinski definition) is 2. The summed E-state index contributed by atoms with van der Waals surface area (Å²) in [6, 6.07) is 3.84. The average Bonchev–Trinajstić information content (AvgIpc) is 3.02. The fraction of sp³-hybridized carbons (Fsp3) is 0.615. The zero-order valence-electron chi connectivity index (χ0n) is 10.6. The zero-order chi connectivity index (χ0) is 12.8. The highest BCUT2D eigenvalue weighted by molar-refractivity contribution is 5.74. The van der Waals surface area contributed by atoms with Crippen LogP contribution in [-0.2, 0) is 4.74 Å². The second-order valence-corrected chi connectivity index (χ2v) is 4.58. The van der Waals surface area contributed by atoms with Gasteiger partial charge in [-0.15, -0.1) is 0 Å². The molecule has 5 nitrogen and oxygen atoms in total. The number of ether oxygens (including phenoxy) is 1. The van der Waals surface area contributed by atoms with Crippen LogP contribution in [-0.4, -0.2) is 25.7 Å². The summed E-state index contributed by atoms with van der Waals surface area (Å²) >= 11 is 0. The van der Waals surface area contributed by atoms with Crippen molar-refractivity contribution in [1.82, 2.24) is 10.6 Å². The standard InChI is InChI=1S/C13H20N2O3/c1-17-12(11-7-4-8-18-11)9-14-13(16)15-10-5-2-3-6-10/h4,7-8,10,12H,2-3,5-6,9H2,1H3,(H2,14,15,16)/t12-/m0/s1. The number of rotatable bonds is 5. The minimum absolute atomic E-state index is 0.129. The number of methoxy groups -OCH3 is 1. The molecule has 0 saturated heterocycles. The van der Waals surface area contributed by atoms with E-state index in [0.717, 1.165) is 18.6 Å². The van der Waals surface area contributed by atoms with E-state index in [2.05, 4.69) is 10.6 Å². The van der Waals surface area contributed by atoms with Crippen LogP contribution in [0.25, 0.3) is 0 Å². The van der Waals surface area contributed by atoms with Gasteiger partial charge in [0, 0.05) is 13.2 Å². The van der Waals surface area contributed by atoms with E-state index in [1.54, 1.807) is 19.4 Å². The quantitative estimate of drug-likeness (QED) is 0.844. The summed E-state index contributed by atoms with van der Waals surface area (Å²) in [5.74, 6) is 0.721. The maximum atomic E-state index is 11.7. The van der Waals surface area contributed by atoms with Gasteiger partial charge in [0.1, 0.15) is 11.9 Å². The molecule has 0 unspecified atom stereocenters. The van der Waals surface area contributed by atoms with Crippen molar-refractivity contribution in [2.75, 3.05) is 13.7 Å². The van der Waals surface area contributed by atoms with Gasteiger partial charge < -0.3 is 19.8 Å². The van der Waals surface area contributed by atoms with Crippen molar-refractivity contribution in [3.05, 3.63) is 24.2 Å². The van der Waals surface area contributed by atoms with Crippen molar-refractivity contribution >= 4 is 6.03 Å². The van der Waals surface area contributed by atoms with Crippen LogP contribution >= 0.6 is 0 Å². The lowest BCUT2D eigenvalue weighted by atomic mass is 10.2. The van der Waals surface area contributed by atoms with Crippen molar-refractivity contribution in [2.45, 2.75) is 37.8 Å². The molecule has 2 N–H and O–H groups in total. The topological polar surface area (TPSA) is 63.5 Å². The molecule has 1 aromatic heterocycles. The Morgan fingerprint density at radius 1 is 1.56 bits per heavy atom. The van der Waals surface area contributed by atoms with Crippen LogP contribution in [0.4, 0.5) is 4.79 Å². The van der Waals surface area contributed by atoms with Gasteiger partial charge in [-0.05, 0) is 25.0 Å². The Bertz CT molecular complexity index is 358. The van der Waals surface area contributed by atoms with Crippen molar-refractivity contribution in [2.24, 2.45) is 0 Å². The fourth-order valence-corrected chi connectivity index (χ4v) is 2.27.